The van der Waals surface area contributed by atoms with E-state index in [4.69, 9.17) is 0 Å². The van der Waals surface area contributed by atoms with E-state index >= 15 is 0 Å². The topological polar surface area (TPSA) is 0 Å². The Labute approximate surface area is 254 Å². The van der Waals surface area contributed by atoms with Crippen LogP contribution in [0, 0.1) is 5.92 Å². The van der Waals surface area contributed by atoms with Crippen LogP contribution in [0.2, 0.25) is 0 Å². The van der Waals surface area contributed by atoms with Crippen LogP contribution < -0.4 is 0 Å². The maximum Gasteiger partial charge on any atom is 0.0159 e. The van der Waals surface area contributed by atoms with Gasteiger partial charge < -0.3 is 0 Å². The third kappa shape index (κ3) is 3.76. The second kappa shape index (κ2) is 9.16. The maximum absolute atomic E-state index is 2.52. The molecule has 0 amide bonds. The lowest BCUT2D eigenvalue weighted by Crippen LogP contribution is -2.15. The van der Waals surface area contributed by atoms with Gasteiger partial charge in [-0.15, -0.1) is 0 Å². The van der Waals surface area contributed by atoms with Crippen LogP contribution in [0.15, 0.2) is 133 Å². The Hall–Kier alpha value is -4.68. The fraction of sp³-hybridized carbons (Fsp3) is 0.163. The standard InChI is InChI=1S/C43H34/c1-43(2)38-24-23-32-11-8-12-33-25-37(33)40(32)42(38)41-35-14-7-6-13-34(35)36(26-39(41)43)31-21-19-30(20-22-31)29-17-15-28(16-18-29)27-9-4-3-5-10-27/h3-10,12-24,26,33,37H,11,25H2,1-2H3. The van der Waals surface area contributed by atoms with Gasteiger partial charge in [0.1, 0.15) is 0 Å². The summed E-state index contributed by atoms with van der Waals surface area (Å²) in [5.74, 6) is 1.40. The van der Waals surface area contributed by atoms with E-state index in [0.717, 1.165) is 12.3 Å². The van der Waals surface area contributed by atoms with Gasteiger partial charge >= 0.3 is 0 Å². The Balaban J connectivity index is 1.16. The summed E-state index contributed by atoms with van der Waals surface area (Å²) in [4.78, 5) is 0. The quantitative estimate of drug-likeness (QED) is 0.192. The van der Waals surface area contributed by atoms with Crippen molar-refractivity contribution in [2.24, 2.45) is 5.92 Å². The lowest BCUT2D eigenvalue weighted by atomic mass is 9.80. The molecule has 6 aromatic rings. The van der Waals surface area contributed by atoms with E-state index in [1.807, 2.05) is 0 Å². The van der Waals surface area contributed by atoms with Crippen molar-refractivity contribution >= 4 is 10.8 Å². The van der Waals surface area contributed by atoms with Crippen LogP contribution in [0.1, 0.15) is 48.4 Å². The van der Waals surface area contributed by atoms with Gasteiger partial charge in [0.05, 0.1) is 0 Å². The monoisotopic (exact) mass is 550 g/mol. The number of hydrogen-bond donors (Lipinski definition) is 0. The summed E-state index contributed by atoms with van der Waals surface area (Å²) in [7, 11) is 0. The first-order valence-electron chi connectivity index (χ1n) is 15.7. The van der Waals surface area contributed by atoms with E-state index in [1.165, 1.54) is 72.8 Å². The van der Waals surface area contributed by atoms with Crippen molar-refractivity contribution in [1.29, 1.82) is 0 Å². The summed E-state index contributed by atoms with van der Waals surface area (Å²) in [6, 6.07) is 45.3. The van der Waals surface area contributed by atoms with Crippen LogP contribution in [-0.2, 0) is 11.8 Å². The summed E-state index contributed by atoms with van der Waals surface area (Å²) in [5.41, 5.74) is 16.7. The number of rotatable bonds is 3. The zero-order valence-corrected chi connectivity index (χ0v) is 24.8. The number of hydrogen-bond acceptors (Lipinski definition) is 0. The second-order valence-electron chi connectivity index (χ2n) is 13.2. The first-order valence-corrected chi connectivity index (χ1v) is 15.7. The minimum absolute atomic E-state index is 0.0387. The van der Waals surface area contributed by atoms with Crippen LogP contribution in [0.25, 0.3) is 55.3 Å². The van der Waals surface area contributed by atoms with Gasteiger partial charge in [0, 0.05) is 5.41 Å². The van der Waals surface area contributed by atoms with E-state index in [9.17, 15) is 0 Å². The lowest BCUT2D eigenvalue weighted by molar-refractivity contribution is 0.660. The Morgan fingerprint density at radius 3 is 1.86 bits per heavy atom. The lowest BCUT2D eigenvalue weighted by Gasteiger charge is -2.23. The molecule has 0 radical (unpaired) electrons. The van der Waals surface area contributed by atoms with Crippen molar-refractivity contribution in [3.63, 3.8) is 0 Å². The molecule has 0 nitrogen and oxygen atoms in total. The molecule has 0 bridgehead atoms. The van der Waals surface area contributed by atoms with E-state index in [0.29, 0.717) is 5.92 Å². The number of allylic oxidation sites excluding steroid dienone is 2. The zero-order chi connectivity index (χ0) is 28.7. The van der Waals surface area contributed by atoms with Crippen LogP contribution in [-0.4, -0.2) is 0 Å². The highest BCUT2D eigenvalue weighted by Gasteiger charge is 2.45. The SMILES string of the molecule is CC1(C)c2ccc3c(c2-c2c1cc(-c1ccc(-c4ccc(-c5ccccc5)cc4)cc1)c1ccccc21)C1CC1C=CC3. The molecule has 1 saturated carbocycles. The highest BCUT2D eigenvalue weighted by molar-refractivity contribution is 6.09. The predicted octanol–water partition coefficient (Wildman–Crippen LogP) is 11.4. The van der Waals surface area contributed by atoms with E-state index in [-0.39, 0.29) is 5.41 Å². The molecule has 0 heteroatoms. The first-order chi connectivity index (χ1) is 21.1. The van der Waals surface area contributed by atoms with Crippen LogP contribution in [0.3, 0.4) is 0 Å². The highest BCUT2D eigenvalue weighted by Crippen LogP contribution is 2.60. The predicted molar refractivity (Wildman–Crippen MR) is 182 cm³/mol. The fourth-order valence-electron chi connectivity index (χ4n) is 8.03. The van der Waals surface area contributed by atoms with Gasteiger partial charge in [0.25, 0.3) is 0 Å². The molecular formula is C43H34. The molecule has 43 heavy (non-hydrogen) atoms. The molecule has 2 atom stereocenters. The first kappa shape index (κ1) is 24.9. The number of benzene rings is 6. The van der Waals surface area contributed by atoms with Gasteiger partial charge in [-0.3, -0.25) is 0 Å². The Morgan fingerprint density at radius 2 is 1.16 bits per heavy atom. The third-order valence-corrected chi connectivity index (χ3v) is 10.4. The molecule has 0 spiro atoms. The molecular weight excluding hydrogens is 516 g/mol. The molecule has 0 aliphatic heterocycles. The van der Waals surface area contributed by atoms with Crippen LogP contribution in [0.5, 0.6) is 0 Å². The van der Waals surface area contributed by atoms with Gasteiger partial charge in [0.2, 0.25) is 0 Å². The molecule has 9 rings (SSSR count). The Kier molecular flexibility index (Phi) is 5.30. The van der Waals surface area contributed by atoms with Crippen LogP contribution in [0.4, 0.5) is 0 Å². The Morgan fingerprint density at radius 1 is 0.558 bits per heavy atom. The van der Waals surface area contributed by atoms with Crippen molar-refractivity contribution in [1.82, 2.24) is 0 Å². The summed E-state index contributed by atoms with van der Waals surface area (Å²) >= 11 is 0. The average molecular weight is 551 g/mol. The van der Waals surface area contributed by atoms with Gasteiger partial charge in [-0.1, -0.05) is 141 Å². The fourth-order valence-corrected chi connectivity index (χ4v) is 8.03. The molecule has 6 aromatic carbocycles. The van der Waals surface area contributed by atoms with Gasteiger partial charge in [-0.2, -0.15) is 0 Å². The molecule has 206 valence electrons. The normalized spacial score (nSPS) is 18.8. The largest absolute Gasteiger partial charge is 0.0845 e. The molecule has 3 aliphatic rings. The molecule has 2 unspecified atom stereocenters. The smallest absolute Gasteiger partial charge is 0.0159 e. The van der Waals surface area contributed by atoms with Crippen molar-refractivity contribution in [3.8, 4) is 44.5 Å². The van der Waals surface area contributed by atoms with E-state index in [1.54, 1.807) is 11.1 Å². The molecule has 0 heterocycles. The molecule has 0 N–H and O–H groups in total. The van der Waals surface area contributed by atoms with Gasteiger partial charge in [-0.05, 0) is 108 Å². The zero-order valence-electron chi connectivity index (χ0n) is 24.8. The minimum atomic E-state index is -0.0387. The Bertz CT molecular complexity index is 2070. The average Bonchev–Trinajstić information content (AvgIpc) is 3.81. The maximum atomic E-state index is 2.52. The summed E-state index contributed by atoms with van der Waals surface area (Å²) in [5, 5.41) is 2.74. The van der Waals surface area contributed by atoms with Gasteiger partial charge in [-0.25, -0.2) is 0 Å². The summed E-state index contributed by atoms with van der Waals surface area (Å²) in [6.45, 7) is 4.87. The highest BCUT2D eigenvalue weighted by atomic mass is 14.5. The molecule has 0 saturated heterocycles. The van der Waals surface area contributed by atoms with E-state index < -0.39 is 0 Å². The minimum Gasteiger partial charge on any atom is -0.0845 e. The molecule has 3 aliphatic carbocycles. The van der Waals surface area contributed by atoms with Gasteiger partial charge in [0.15, 0.2) is 0 Å². The molecule has 0 aromatic heterocycles. The van der Waals surface area contributed by atoms with Crippen molar-refractivity contribution in [2.75, 3.05) is 0 Å². The summed E-state index contributed by atoms with van der Waals surface area (Å²) in [6.07, 6.45) is 7.24. The third-order valence-electron chi connectivity index (χ3n) is 10.4. The second-order valence-corrected chi connectivity index (χ2v) is 13.2. The van der Waals surface area contributed by atoms with Crippen LogP contribution >= 0.6 is 0 Å². The number of fused-ring (bicyclic) bond motifs is 9. The molecule has 1 fully saturated rings. The van der Waals surface area contributed by atoms with Crippen molar-refractivity contribution < 1.29 is 0 Å². The van der Waals surface area contributed by atoms with Crippen molar-refractivity contribution in [2.45, 2.75) is 38.0 Å². The van der Waals surface area contributed by atoms with Crippen molar-refractivity contribution in [3.05, 3.63) is 156 Å². The van der Waals surface area contributed by atoms with E-state index in [2.05, 4.69) is 147 Å². The summed E-state index contributed by atoms with van der Waals surface area (Å²) < 4.78 is 0.